The van der Waals surface area contributed by atoms with E-state index in [1.54, 1.807) is 19.0 Å². The van der Waals surface area contributed by atoms with Gasteiger partial charge < -0.3 is 19.4 Å². The summed E-state index contributed by atoms with van der Waals surface area (Å²) in [5.41, 5.74) is 2.64. The lowest BCUT2D eigenvalue weighted by Crippen LogP contribution is -2.61. The summed E-state index contributed by atoms with van der Waals surface area (Å²) in [7, 11) is 3.54. The van der Waals surface area contributed by atoms with Crippen LogP contribution in [-0.2, 0) is 16.0 Å². The number of amides is 2. The molecule has 1 atom stereocenters. The van der Waals surface area contributed by atoms with E-state index in [9.17, 15) is 9.59 Å². The van der Waals surface area contributed by atoms with Gasteiger partial charge in [-0.1, -0.05) is 30.3 Å². The molecule has 170 valence electrons. The average Bonchev–Trinajstić information content (AvgIpc) is 2.81. The first-order valence-corrected chi connectivity index (χ1v) is 11.4. The maximum atomic E-state index is 12.7. The van der Waals surface area contributed by atoms with Gasteiger partial charge >= 0.3 is 0 Å². The molecule has 2 amide bonds. The number of likely N-dealkylation sites (tertiary alicyclic amines) is 1. The maximum Gasteiger partial charge on any atom is 0.255 e. The van der Waals surface area contributed by atoms with Gasteiger partial charge in [-0.2, -0.15) is 0 Å². The summed E-state index contributed by atoms with van der Waals surface area (Å²) in [5.74, 6) is 0.0723. The van der Waals surface area contributed by atoms with Crippen LogP contribution in [0.1, 0.15) is 35.7 Å². The average molecular weight is 436 g/mol. The zero-order valence-electron chi connectivity index (χ0n) is 19.3. The fourth-order valence-corrected chi connectivity index (χ4v) is 4.69. The highest BCUT2D eigenvalue weighted by Gasteiger charge is 2.45. The van der Waals surface area contributed by atoms with Crippen molar-refractivity contribution < 1.29 is 14.3 Å². The minimum Gasteiger partial charge on any atom is -0.360 e. The predicted molar refractivity (Wildman–Crippen MR) is 126 cm³/mol. The predicted octanol–water partition coefficient (Wildman–Crippen LogP) is 3.22. The second-order valence-corrected chi connectivity index (χ2v) is 9.19. The molecule has 2 aliphatic heterocycles. The van der Waals surface area contributed by atoms with E-state index < -0.39 is 6.10 Å². The maximum absolute atomic E-state index is 12.7. The number of para-hydroxylation sites is 1. The molecule has 4 rings (SSSR count). The van der Waals surface area contributed by atoms with Gasteiger partial charge in [0.2, 0.25) is 0 Å². The lowest BCUT2D eigenvalue weighted by molar-refractivity contribution is -0.161. The fourth-order valence-electron chi connectivity index (χ4n) is 4.69. The number of hydrogen-bond donors (Lipinski definition) is 0. The van der Waals surface area contributed by atoms with E-state index in [0.717, 1.165) is 50.1 Å². The van der Waals surface area contributed by atoms with E-state index in [1.165, 1.54) is 5.56 Å². The minimum absolute atomic E-state index is 0.0302. The molecule has 2 saturated heterocycles. The van der Waals surface area contributed by atoms with Crippen LogP contribution in [0.2, 0.25) is 0 Å². The van der Waals surface area contributed by atoms with Crippen LogP contribution in [0, 0.1) is 0 Å². The Morgan fingerprint density at radius 2 is 1.72 bits per heavy atom. The van der Waals surface area contributed by atoms with Crippen molar-refractivity contribution in [2.45, 2.75) is 37.9 Å². The molecule has 6 nitrogen and oxygen atoms in total. The number of rotatable bonds is 5. The number of benzene rings is 2. The molecule has 0 aliphatic carbocycles. The third-order valence-electron chi connectivity index (χ3n) is 6.65. The SMILES string of the molecule is CC1OC2(CCN(CCc3ccc(C(=O)N(C)C)cc3)CC2)CN(c2ccccc2)C1=O. The molecule has 1 unspecified atom stereocenters. The second kappa shape index (κ2) is 9.43. The van der Waals surface area contributed by atoms with Crippen LogP contribution >= 0.6 is 0 Å². The van der Waals surface area contributed by atoms with E-state index in [2.05, 4.69) is 17.0 Å². The van der Waals surface area contributed by atoms with Gasteiger partial charge in [0, 0.05) is 45.0 Å². The van der Waals surface area contributed by atoms with Crippen LogP contribution in [0.15, 0.2) is 54.6 Å². The molecule has 1 spiro atoms. The molecular formula is C26H33N3O3. The Bertz CT molecular complexity index is 935. The number of nitrogens with zero attached hydrogens (tertiary/aromatic N) is 3. The zero-order chi connectivity index (χ0) is 22.7. The standard InChI is InChI=1S/C26H33N3O3/c1-20-24(30)29(23-7-5-4-6-8-23)19-26(32-20)14-17-28(18-15-26)16-13-21-9-11-22(12-10-21)25(31)27(2)3/h4-12,20H,13-19H2,1-3H3. The highest BCUT2D eigenvalue weighted by molar-refractivity contribution is 5.97. The van der Waals surface area contributed by atoms with Crippen LogP contribution in [0.25, 0.3) is 0 Å². The van der Waals surface area contributed by atoms with Crippen molar-refractivity contribution in [3.8, 4) is 0 Å². The van der Waals surface area contributed by atoms with Crippen molar-refractivity contribution in [2.24, 2.45) is 0 Å². The monoisotopic (exact) mass is 435 g/mol. The van der Waals surface area contributed by atoms with Crippen molar-refractivity contribution >= 4 is 17.5 Å². The van der Waals surface area contributed by atoms with Gasteiger partial charge in [-0.25, -0.2) is 0 Å². The topological polar surface area (TPSA) is 53.1 Å². The summed E-state index contributed by atoms with van der Waals surface area (Å²) in [6.07, 6.45) is 2.38. The summed E-state index contributed by atoms with van der Waals surface area (Å²) in [6, 6.07) is 17.8. The van der Waals surface area contributed by atoms with Crippen molar-refractivity contribution in [1.29, 1.82) is 0 Å². The lowest BCUT2D eigenvalue weighted by atomic mass is 9.88. The molecule has 6 heteroatoms. The molecule has 2 heterocycles. The van der Waals surface area contributed by atoms with Gasteiger partial charge in [-0.05, 0) is 56.0 Å². The normalized spacial score (nSPS) is 21.0. The summed E-state index contributed by atoms with van der Waals surface area (Å²) >= 11 is 0. The van der Waals surface area contributed by atoms with E-state index >= 15 is 0 Å². The van der Waals surface area contributed by atoms with E-state index in [0.29, 0.717) is 6.54 Å². The second-order valence-electron chi connectivity index (χ2n) is 9.19. The summed E-state index contributed by atoms with van der Waals surface area (Å²) in [4.78, 5) is 30.8. The summed E-state index contributed by atoms with van der Waals surface area (Å²) in [6.45, 7) is 5.39. The van der Waals surface area contributed by atoms with Crippen LogP contribution in [0.3, 0.4) is 0 Å². The largest absolute Gasteiger partial charge is 0.360 e. The third-order valence-corrected chi connectivity index (χ3v) is 6.65. The molecule has 2 fully saturated rings. The molecular weight excluding hydrogens is 402 g/mol. The quantitative estimate of drug-likeness (QED) is 0.724. The molecule has 2 aliphatic rings. The number of ether oxygens (including phenoxy) is 1. The smallest absolute Gasteiger partial charge is 0.255 e. The highest BCUT2D eigenvalue weighted by Crippen LogP contribution is 2.35. The van der Waals surface area contributed by atoms with Crippen LogP contribution < -0.4 is 4.90 Å². The number of piperidine rings is 1. The molecule has 0 saturated carbocycles. The molecule has 0 aromatic heterocycles. The first-order chi connectivity index (χ1) is 15.4. The molecule has 0 N–H and O–H groups in total. The third kappa shape index (κ3) is 4.87. The Morgan fingerprint density at radius 1 is 1.06 bits per heavy atom. The number of morpholine rings is 1. The van der Waals surface area contributed by atoms with Crippen molar-refractivity contribution in [3.05, 3.63) is 65.7 Å². The Kier molecular flexibility index (Phi) is 6.63. The Morgan fingerprint density at radius 3 is 2.34 bits per heavy atom. The lowest BCUT2D eigenvalue weighted by Gasteiger charge is -2.49. The molecule has 2 aromatic rings. The minimum atomic E-state index is -0.418. The Balaban J connectivity index is 1.32. The van der Waals surface area contributed by atoms with Gasteiger partial charge in [0.1, 0.15) is 6.10 Å². The first kappa shape index (κ1) is 22.5. The van der Waals surface area contributed by atoms with Crippen molar-refractivity contribution in [1.82, 2.24) is 9.80 Å². The summed E-state index contributed by atoms with van der Waals surface area (Å²) < 4.78 is 6.29. The van der Waals surface area contributed by atoms with E-state index in [-0.39, 0.29) is 17.4 Å². The van der Waals surface area contributed by atoms with Crippen LogP contribution in [-0.4, -0.2) is 73.6 Å². The van der Waals surface area contributed by atoms with E-state index in [4.69, 9.17) is 4.74 Å². The van der Waals surface area contributed by atoms with Gasteiger partial charge in [-0.15, -0.1) is 0 Å². The Hall–Kier alpha value is -2.70. The number of hydrogen-bond acceptors (Lipinski definition) is 4. The number of anilines is 1. The molecule has 0 radical (unpaired) electrons. The number of carbonyl (C=O) groups is 2. The van der Waals surface area contributed by atoms with Crippen molar-refractivity contribution in [3.63, 3.8) is 0 Å². The first-order valence-electron chi connectivity index (χ1n) is 11.4. The highest BCUT2D eigenvalue weighted by atomic mass is 16.5. The molecule has 0 bridgehead atoms. The Labute approximate surface area is 190 Å². The molecule has 32 heavy (non-hydrogen) atoms. The zero-order valence-corrected chi connectivity index (χ0v) is 19.3. The summed E-state index contributed by atoms with van der Waals surface area (Å²) in [5, 5.41) is 0. The van der Waals surface area contributed by atoms with Gasteiger partial charge in [0.15, 0.2) is 0 Å². The van der Waals surface area contributed by atoms with Gasteiger partial charge in [0.05, 0.1) is 12.1 Å². The molecule has 2 aromatic carbocycles. The van der Waals surface area contributed by atoms with Crippen LogP contribution in [0.4, 0.5) is 5.69 Å². The van der Waals surface area contributed by atoms with E-state index in [1.807, 2.05) is 54.3 Å². The van der Waals surface area contributed by atoms with Crippen LogP contribution in [0.5, 0.6) is 0 Å². The van der Waals surface area contributed by atoms with Gasteiger partial charge in [-0.3, -0.25) is 9.59 Å². The van der Waals surface area contributed by atoms with Crippen molar-refractivity contribution in [2.75, 3.05) is 45.2 Å². The van der Waals surface area contributed by atoms with Gasteiger partial charge in [0.25, 0.3) is 11.8 Å². The number of carbonyl (C=O) groups excluding carboxylic acids is 2. The fraction of sp³-hybridized carbons (Fsp3) is 0.462.